The van der Waals surface area contributed by atoms with E-state index >= 15 is 0 Å². The van der Waals surface area contributed by atoms with E-state index < -0.39 is 45.3 Å². The van der Waals surface area contributed by atoms with E-state index in [1.807, 2.05) is 0 Å². The van der Waals surface area contributed by atoms with Crippen LogP contribution in [-0.4, -0.2) is 20.4 Å². The van der Waals surface area contributed by atoms with Crippen molar-refractivity contribution in [3.63, 3.8) is 0 Å². The first-order valence-electron chi connectivity index (χ1n) is 5.94. The quantitative estimate of drug-likeness (QED) is 0.839. The molecule has 2 atom stereocenters. The minimum Gasteiger partial charge on any atom is -0.598 e. The van der Waals surface area contributed by atoms with Gasteiger partial charge in [-0.2, -0.15) is 0 Å². The van der Waals surface area contributed by atoms with E-state index in [1.165, 1.54) is 0 Å². The van der Waals surface area contributed by atoms with Crippen molar-refractivity contribution in [1.82, 2.24) is 4.72 Å². The van der Waals surface area contributed by atoms with E-state index in [9.17, 15) is 18.1 Å². The van der Waals surface area contributed by atoms with Gasteiger partial charge in [0.15, 0.2) is 0 Å². The summed E-state index contributed by atoms with van der Waals surface area (Å²) < 4.78 is 41.3. The smallest absolute Gasteiger partial charge is 0.341 e. The molecule has 1 aromatic rings. The van der Waals surface area contributed by atoms with Crippen LogP contribution >= 0.6 is 0 Å². The van der Waals surface area contributed by atoms with Crippen LogP contribution in [0.1, 0.15) is 49.7 Å². The normalized spacial score (nSPS) is 14.9. The van der Waals surface area contributed by atoms with E-state index in [0.29, 0.717) is 0 Å². The van der Waals surface area contributed by atoms with Crippen molar-refractivity contribution in [2.75, 3.05) is 0 Å². The van der Waals surface area contributed by atoms with Crippen LogP contribution in [-0.2, 0) is 11.4 Å². The van der Waals surface area contributed by atoms with Gasteiger partial charge in [-0.1, -0.05) is 0 Å². The molecule has 4 nitrogen and oxygen atoms in total. The minimum atomic E-state index is -1.66. The second-order valence-electron chi connectivity index (χ2n) is 5.39. The molecule has 7 heteroatoms. The number of carboxylic acid groups (broad SMARTS) is 1. The summed E-state index contributed by atoms with van der Waals surface area (Å²) >= 11 is -1.41. The van der Waals surface area contributed by atoms with Crippen molar-refractivity contribution >= 4 is 17.3 Å². The van der Waals surface area contributed by atoms with Crippen LogP contribution < -0.4 is 4.72 Å². The van der Waals surface area contributed by atoms with Crippen LogP contribution in [0.15, 0.2) is 12.1 Å². The second-order valence-corrected chi connectivity index (χ2v) is 7.38. The van der Waals surface area contributed by atoms with Crippen LogP contribution in [0.4, 0.5) is 8.78 Å². The van der Waals surface area contributed by atoms with E-state index in [0.717, 1.165) is 12.1 Å². The second kappa shape index (κ2) is 6.07. The fourth-order valence-electron chi connectivity index (χ4n) is 1.45. The zero-order chi connectivity index (χ0) is 15.7. The molecule has 20 heavy (non-hydrogen) atoms. The third-order valence-electron chi connectivity index (χ3n) is 2.62. The largest absolute Gasteiger partial charge is 0.598 e. The summed E-state index contributed by atoms with van der Waals surface area (Å²) in [6.45, 7) is 6.88. The topological polar surface area (TPSA) is 72.4 Å². The number of hydrogen-bond acceptors (Lipinski definition) is 3. The molecule has 0 saturated heterocycles. The van der Waals surface area contributed by atoms with Crippen LogP contribution in [0, 0.1) is 11.6 Å². The monoisotopic (exact) mass is 305 g/mol. The Morgan fingerprint density at radius 2 is 1.80 bits per heavy atom. The van der Waals surface area contributed by atoms with Crippen molar-refractivity contribution < 1.29 is 23.2 Å². The van der Waals surface area contributed by atoms with E-state index in [-0.39, 0.29) is 5.56 Å². The maximum Gasteiger partial charge on any atom is 0.341 e. The molecule has 0 amide bonds. The Hall–Kier alpha value is -1.18. The highest BCUT2D eigenvalue weighted by Crippen LogP contribution is 2.23. The van der Waals surface area contributed by atoms with Gasteiger partial charge in [-0.15, -0.1) is 4.72 Å². The average Bonchev–Trinajstić information content (AvgIpc) is 2.25. The van der Waals surface area contributed by atoms with Crippen molar-refractivity contribution in [2.24, 2.45) is 0 Å². The van der Waals surface area contributed by atoms with Gasteiger partial charge < -0.3 is 9.66 Å². The summed E-state index contributed by atoms with van der Waals surface area (Å²) in [7, 11) is 0. The highest BCUT2D eigenvalue weighted by atomic mass is 32.2. The van der Waals surface area contributed by atoms with Crippen molar-refractivity contribution in [1.29, 1.82) is 0 Å². The molecule has 1 rings (SSSR count). The third-order valence-corrected chi connectivity index (χ3v) is 4.30. The maximum atomic E-state index is 13.6. The molecule has 0 aliphatic carbocycles. The number of carboxylic acids is 1. The first-order chi connectivity index (χ1) is 9.04. The van der Waals surface area contributed by atoms with Gasteiger partial charge in [0, 0.05) is 11.4 Å². The number of aromatic carboxylic acids is 1. The number of hydrogen-bond donors (Lipinski definition) is 2. The Morgan fingerprint density at radius 3 is 2.15 bits per heavy atom. The summed E-state index contributed by atoms with van der Waals surface area (Å²) in [5, 5.41) is 8.68. The zero-order valence-corrected chi connectivity index (χ0v) is 12.5. The summed E-state index contributed by atoms with van der Waals surface area (Å²) in [4.78, 5) is 10.7. The molecular formula is C13H17F2NO3S. The molecular weight excluding hydrogens is 288 g/mol. The minimum absolute atomic E-state index is 0.197. The third kappa shape index (κ3) is 3.91. The number of rotatable bonds is 4. The molecule has 0 aliphatic heterocycles. The lowest BCUT2D eigenvalue weighted by atomic mass is 10.1. The van der Waals surface area contributed by atoms with Crippen LogP contribution in [0.25, 0.3) is 0 Å². The standard InChI is InChI=1S/C13H17F2NO3S/c1-7(16-20(19)13(2,3)4)8-5-9(14)11(12(17)18)10(15)6-8/h5-7,16H,1-4H3,(H,17,18). The van der Waals surface area contributed by atoms with Gasteiger partial charge in [0.05, 0.1) is 6.04 Å². The van der Waals surface area contributed by atoms with E-state index in [1.54, 1.807) is 27.7 Å². The average molecular weight is 305 g/mol. The summed E-state index contributed by atoms with van der Waals surface area (Å²) in [5.74, 6) is -3.96. The lowest BCUT2D eigenvalue weighted by Crippen LogP contribution is -2.40. The molecule has 0 spiro atoms. The van der Waals surface area contributed by atoms with E-state index in [2.05, 4.69) is 4.72 Å². The Morgan fingerprint density at radius 1 is 1.35 bits per heavy atom. The molecule has 112 valence electrons. The van der Waals surface area contributed by atoms with Gasteiger partial charge in [0.25, 0.3) is 0 Å². The molecule has 0 radical (unpaired) electrons. The van der Waals surface area contributed by atoms with Gasteiger partial charge >= 0.3 is 5.97 Å². The van der Waals surface area contributed by atoms with Gasteiger partial charge in [-0.25, -0.2) is 13.6 Å². The fourth-order valence-corrected chi connectivity index (χ4v) is 2.26. The Kier molecular flexibility index (Phi) is 5.12. The van der Waals surface area contributed by atoms with Gasteiger partial charge in [0.2, 0.25) is 0 Å². The van der Waals surface area contributed by atoms with Gasteiger partial charge in [0.1, 0.15) is 21.9 Å². The van der Waals surface area contributed by atoms with Crippen LogP contribution in [0.5, 0.6) is 0 Å². The van der Waals surface area contributed by atoms with Gasteiger partial charge in [-0.05, 0) is 45.4 Å². The SMILES string of the molecule is CC(N[S+]([O-])C(C)(C)C)c1cc(F)c(C(=O)O)c(F)c1. The Balaban J connectivity index is 3.01. The predicted molar refractivity (Wildman–Crippen MR) is 72.8 cm³/mol. The lowest BCUT2D eigenvalue weighted by molar-refractivity contribution is 0.0686. The molecule has 0 saturated carbocycles. The van der Waals surface area contributed by atoms with Crippen molar-refractivity contribution in [3.05, 3.63) is 34.9 Å². The molecule has 0 aliphatic rings. The predicted octanol–water partition coefficient (Wildman–Crippen LogP) is 2.78. The molecule has 2 N–H and O–H groups in total. The number of halogens is 2. The zero-order valence-electron chi connectivity index (χ0n) is 11.7. The maximum absolute atomic E-state index is 13.6. The molecule has 0 bridgehead atoms. The summed E-state index contributed by atoms with van der Waals surface area (Å²) in [6, 6.07) is 1.29. The molecule has 0 heterocycles. The molecule has 0 aromatic heterocycles. The fraction of sp³-hybridized carbons (Fsp3) is 0.462. The van der Waals surface area contributed by atoms with Crippen molar-refractivity contribution in [3.8, 4) is 0 Å². The molecule has 2 unspecified atom stereocenters. The number of nitrogens with one attached hydrogen (secondary N) is 1. The Bertz CT molecular complexity index is 494. The first kappa shape index (κ1) is 16.9. The highest BCUT2D eigenvalue weighted by Gasteiger charge is 2.29. The molecule has 0 fully saturated rings. The molecule has 1 aromatic carbocycles. The van der Waals surface area contributed by atoms with Crippen LogP contribution in [0.3, 0.4) is 0 Å². The lowest BCUT2D eigenvalue weighted by Gasteiger charge is -2.26. The highest BCUT2D eigenvalue weighted by molar-refractivity contribution is 7.90. The number of carbonyl (C=O) groups is 1. The Labute approximate surface area is 119 Å². The summed E-state index contributed by atoms with van der Waals surface area (Å²) in [5.41, 5.74) is -0.791. The summed E-state index contributed by atoms with van der Waals surface area (Å²) in [6.07, 6.45) is 0. The van der Waals surface area contributed by atoms with E-state index in [4.69, 9.17) is 5.11 Å². The number of benzene rings is 1. The first-order valence-corrected chi connectivity index (χ1v) is 7.09. The van der Waals surface area contributed by atoms with Gasteiger partial charge in [-0.3, -0.25) is 0 Å². The van der Waals surface area contributed by atoms with Crippen LogP contribution in [0.2, 0.25) is 0 Å². The van der Waals surface area contributed by atoms with Crippen molar-refractivity contribution in [2.45, 2.75) is 38.5 Å².